The Hall–Kier alpha value is -2.36. The zero-order valence-corrected chi connectivity index (χ0v) is 15.9. The largest absolute Gasteiger partial charge is 0.289 e. The fourth-order valence-electron chi connectivity index (χ4n) is 2.69. The van der Waals surface area contributed by atoms with Crippen LogP contribution in [0, 0.1) is 11.7 Å². The predicted octanol–water partition coefficient (Wildman–Crippen LogP) is 2.33. The number of pyridine rings is 1. The zero-order valence-electron chi connectivity index (χ0n) is 15.0. The van der Waals surface area contributed by atoms with Gasteiger partial charge in [-0.05, 0) is 36.1 Å². The fraction of sp³-hybridized carbons (Fsp3) is 0.333. The molecule has 9 heteroatoms. The Balaban J connectivity index is 2.57. The molecule has 1 aromatic heterocycles. The average molecular weight is 395 g/mol. The quantitative estimate of drug-likeness (QED) is 0.528. The van der Waals surface area contributed by atoms with Gasteiger partial charge >= 0.3 is 0 Å². The van der Waals surface area contributed by atoms with Gasteiger partial charge in [-0.15, -0.1) is 0 Å². The summed E-state index contributed by atoms with van der Waals surface area (Å²) in [5.74, 6) is -1.85. The average Bonchev–Trinajstić information content (AvgIpc) is 2.64. The smallest absolute Gasteiger partial charge is 0.261 e. The summed E-state index contributed by atoms with van der Waals surface area (Å²) in [5, 5.41) is 9.12. The predicted molar refractivity (Wildman–Crippen MR) is 96.5 cm³/mol. The molecule has 0 unspecified atom stereocenters. The van der Waals surface area contributed by atoms with Crippen LogP contribution in [0.15, 0.2) is 53.7 Å². The molecular weight excluding hydrogens is 373 g/mol. The standard InChI is InChI=1S/C18H22FN3O4S/c1-13(2)10-16(18(23)21-24)22(12-14-6-5-9-20-11-14)27(25,26)17-8-4-3-7-15(17)19/h3-9,11,13,16,24H,10,12H2,1-2H3,(H,21,23)/t16-/m1/s1. The number of rotatable bonds is 8. The molecule has 146 valence electrons. The van der Waals surface area contributed by atoms with Crippen molar-refractivity contribution in [1.82, 2.24) is 14.8 Å². The second-order valence-electron chi connectivity index (χ2n) is 6.46. The van der Waals surface area contributed by atoms with E-state index in [2.05, 4.69) is 4.98 Å². The van der Waals surface area contributed by atoms with Crippen LogP contribution >= 0.6 is 0 Å². The monoisotopic (exact) mass is 395 g/mol. The van der Waals surface area contributed by atoms with Crippen molar-refractivity contribution in [3.8, 4) is 0 Å². The van der Waals surface area contributed by atoms with Crippen LogP contribution in [0.25, 0.3) is 0 Å². The van der Waals surface area contributed by atoms with Crippen molar-refractivity contribution < 1.29 is 22.8 Å². The first-order chi connectivity index (χ1) is 12.8. The molecule has 0 fully saturated rings. The van der Waals surface area contributed by atoms with E-state index in [4.69, 9.17) is 5.21 Å². The van der Waals surface area contributed by atoms with Crippen LogP contribution in [0.5, 0.6) is 0 Å². The number of amides is 1. The van der Waals surface area contributed by atoms with E-state index in [0.29, 0.717) is 5.56 Å². The molecule has 1 heterocycles. The number of carbonyl (C=O) groups excluding carboxylic acids is 1. The van der Waals surface area contributed by atoms with Crippen LogP contribution in [-0.2, 0) is 21.4 Å². The molecule has 1 atom stereocenters. The molecule has 27 heavy (non-hydrogen) atoms. The minimum atomic E-state index is -4.37. The fourth-order valence-corrected chi connectivity index (χ4v) is 4.34. The summed E-state index contributed by atoms with van der Waals surface area (Å²) in [4.78, 5) is 15.7. The molecule has 2 N–H and O–H groups in total. The molecule has 0 saturated heterocycles. The van der Waals surface area contributed by atoms with E-state index < -0.39 is 32.7 Å². The number of hydrogen-bond acceptors (Lipinski definition) is 5. The molecular formula is C18H22FN3O4S. The van der Waals surface area contributed by atoms with Crippen molar-refractivity contribution in [2.24, 2.45) is 5.92 Å². The van der Waals surface area contributed by atoms with Crippen molar-refractivity contribution >= 4 is 15.9 Å². The summed E-state index contributed by atoms with van der Waals surface area (Å²) in [6.07, 6.45) is 3.14. The molecule has 1 aromatic carbocycles. The van der Waals surface area contributed by atoms with Gasteiger partial charge in [0.1, 0.15) is 16.8 Å². The zero-order chi connectivity index (χ0) is 20.0. The van der Waals surface area contributed by atoms with E-state index in [9.17, 15) is 17.6 Å². The normalized spacial score (nSPS) is 13.0. The molecule has 0 bridgehead atoms. The Morgan fingerprint density at radius 2 is 1.96 bits per heavy atom. The first kappa shape index (κ1) is 20.9. The lowest BCUT2D eigenvalue weighted by atomic mass is 10.0. The van der Waals surface area contributed by atoms with Crippen molar-refractivity contribution in [1.29, 1.82) is 0 Å². The lowest BCUT2D eigenvalue weighted by Crippen LogP contribution is -2.49. The van der Waals surface area contributed by atoms with Crippen LogP contribution < -0.4 is 5.48 Å². The van der Waals surface area contributed by atoms with Crippen molar-refractivity contribution in [3.63, 3.8) is 0 Å². The lowest BCUT2D eigenvalue weighted by Gasteiger charge is -2.30. The summed E-state index contributed by atoms with van der Waals surface area (Å²) >= 11 is 0. The summed E-state index contributed by atoms with van der Waals surface area (Å²) in [6.45, 7) is 3.43. The van der Waals surface area contributed by atoms with Gasteiger partial charge in [-0.1, -0.05) is 32.0 Å². The molecule has 0 aliphatic carbocycles. The van der Waals surface area contributed by atoms with Gasteiger partial charge in [-0.3, -0.25) is 15.0 Å². The van der Waals surface area contributed by atoms with E-state index in [-0.39, 0.29) is 18.9 Å². The van der Waals surface area contributed by atoms with Gasteiger partial charge < -0.3 is 0 Å². The molecule has 0 aliphatic heterocycles. The minimum Gasteiger partial charge on any atom is -0.289 e. The van der Waals surface area contributed by atoms with Gasteiger partial charge in [0.15, 0.2) is 0 Å². The highest BCUT2D eigenvalue weighted by Gasteiger charge is 2.37. The van der Waals surface area contributed by atoms with Gasteiger partial charge in [-0.25, -0.2) is 18.3 Å². The first-order valence-corrected chi connectivity index (χ1v) is 9.80. The molecule has 2 rings (SSSR count). The third-order valence-corrected chi connectivity index (χ3v) is 5.83. The lowest BCUT2D eigenvalue weighted by molar-refractivity contribution is -0.133. The number of sulfonamides is 1. The van der Waals surface area contributed by atoms with Crippen molar-refractivity contribution in [2.75, 3.05) is 0 Å². The minimum absolute atomic E-state index is 0.0560. The number of nitrogens with one attached hydrogen (secondary N) is 1. The van der Waals surface area contributed by atoms with Gasteiger partial charge in [0.25, 0.3) is 5.91 Å². The Labute approximate surface area is 157 Å². The number of hydroxylamine groups is 1. The number of hydrogen-bond donors (Lipinski definition) is 2. The van der Waals surface area contributed by atoms with Gasteiger partial charge in [0.05, 0.1) is 0 Å². The van der Waals surface area contributed by atoms with E-state index in [1.807, 2.05) is 13.8 Å². The van der Waals surface area contributed by atoms with E-state index >= 15 is 0 Å². The third-order valence-electron chi connectivity index (χ3n) is 3.94. The number of carbonyl (C=O) groups is 1. The van der Waals surface area contributed by atoms with Gasteiger partial charge in [0, 0.05) is 18.9 Å². The first-order valence-electron chi connectivity index (χ1n) is 8.36. The maximum atomic E-state index is 14.2. The Morgan fingerprint density at radius 3 is 2.52 bits per heavy atom. The van der Waals surface area contributed by atoms with Crippen LogP contribution in [-0.4, -0.2) is 34.9 Å². The second kappa shape index (κ2) is 9.03. The summed E-state index contributed by atoms with van der Waals surface area (Å²) in [7, 11) is -4.37. The van der Waals surface area contributed by atoms with Gasteiger partial charge in [-0.2, -0.15) is 4.31 Å². The van der Waals surface area contributed by atoms with Crippen LogP contribution in [0.2, 0.25) is 0 Å². The number of aromatic nitrogens is 1. The van der Waals surface area contributed by atoms with E-state index in [0.717, 1.165) is 16.4 Å². The Kier molecular flexibility index (Phi) is 7.00. The molecule has 0 radical (unpaired) electrons. The maximum Gasteiger partial charge on any atom is 0.261 e. The molecule has 2 aromatic rings. The van der Waals surface area contributed by atoms with Crippen LogP contribution in [0.4, 0.5) is 4.39 Å². The third kappa shape index (κ3) is 5.09. The number of halogens is 1. The van der Waals surface area contributed by atoms with E-state index in [1.54, 1.807) is 12.1 Å². The highest BCUT2D eigenvalue weighted by Crippen LogP contribution is 2.26. The van der Waals surface area contributed by atoms with Crippen LogP contribution in [0.3, 0.4) is 0 Å². The molecule has 7 nitrogen and oxygen atoms in total. The molecule has 0 saturated carbocycles. The summed E-state index contributed by atoms with van der Waals surface area (Å²) < 4.78 is 41.5. The molecule has 0 spiro atoms. The number of nitrogens with zero attached hydrogens (tertiary/aromatic N) is 2. The Morgan fingerprint density at radius 1 is 1.26 bits per heavy atom. The topological polar surface area (TPSA) is 99.6 Å². The highest BCUT2D eigenvalue weighted by molar-refractivity contribution is 7.89. The highest BCUT2D eigenvalue weighted by atomic mass is 32.2. The van der Waals surface area contributed by atoms with Gasteiger partial charge in [0.2, 0.25) is 10.0 Å². The maximum absolute atomic E-state index is 14.2. The summed E-state index contributed by atoms with van der Waals surface area (Å²) in [5.41, 5.74) is 2.05. The summed E-state index contributed by atoms with van der Waals surface area (Å²) in [6, 6.07) is 7.03. The molecule has 1 amide bonds. The van der Waals surface area contributed by atoms with Crippen molar-refractivity contribution in [3.05, 3.63) is 60.2 Å². The SMILES string of the molecule is CC(C)C[C@H](C(=O)NO)N(Cc1cccnc1)S(=O)(=O)c1ccccc1F. The molecule has 0 aliphatic rings. The van der Waals surface area contributed by atoms with E-state index in [1.165, 1.54) is 30.0 Å². The Bertz CT molecular complexity index is 875. The number of benzene rings is 1. The van der Waals surface area contributed by atoms with Crippen LogP contribution in [0.1, 0.15) is 25.8 Å². The second-order valence-corrected chi connectivity index (χ2v) is 8.32. The van der Waals surface area contributed by atoms with Crippen molar-refractivity contribution in [2.45, 2.75) is 37.8 Å².